The summed E-state index contributed by atoms with van der Waals surface area (Å²) in [4.78, 5) is 19.0. The number of nitrogens with zero attached hydrogens (tertiary/aromatic N) is 2. The number of thiazole rings is 1. The summed E-state index contributed by atoms with van der Waals surface area (Å²) in [5, 5.41) is 4.92. The summed E-state index contributed by atoms with van der Waals surface area (Å²) in [6, 6.07) is 0.0293. The van der Waals surface area contributed by atoms with Crippen molar-refractivity contribution in [3.63, 3.8) is 0 Å². The Morgan fingerprint density at radius 3 is 2.75 bits per heavy atom. The number of sulfonamides is 1. The molecule has 1 saturated heterocycles. The first-order valence-corrected chi connectivity index (χ1v) is 8.82. The molecule has 2 atom stereocenters. The predicted octanol–water partition coefficient (Wildman–Crippen LogP) is -0.528. The Bertz CT molecular complexity index is 655. The lowest BCUT2D eigenvalue weighted by atomic mass is 9.96. The Balaban J connectivity index is 1.77. The highest BCUT2D eigenvalue weighted by atomic mass is 32.2. The van der Waals surface area contributed by atoms with Crippen LogP contribution >= 0.6 is 11.3 Å². The van der Waals surface area contributed by atoms with Gasteiger partial charge in [-0.25, -0.2) is 18.5 Å². The van der Waals surface area contributed by atoms with Gasteiger partial charge in [0.15, 0.2) is 5.13 Å². The number of likely N-dealkylation sites (tertiary alicyclic amines) is 1. The van der Waals surface area contributed by atoms with Gasteiger partial charge in [-0.1, -0.05) is 0 Å². The minimum atomic E-state index is -3.66. The zero-order valence-electron chi connectivity index (χ0n) is 10.8. The maximum Gasteiger partial charge on any atom is 0.224 e. The summed E-state index contributed by atoms with van der Waals surface area (Å²) in [5.74, 6) is -0.130. The molecular weight excluding hydrogens is 300 g/mol. The number of rotatable bonds is 2. The van der Waals surface area contributed by atoms with Crippen molar-refractivity contribution in [2.24, 2.45) is 5.14 Å². The number of nitrogens with two attached hydrogens (primary N) is 2. The number of carbonyl (C=O) groups excluding carboxylic acids is 1. The summed E-state index contributed by atoms with van der Waals surface area (Å²) in [5.41, 5.74) is 6.71. The number of nitrogen functional groups attached to an aromatic ring is 1. The van der Waals surface area contributed by atoms with Crippen LogP contribution in [0.1, 0.15) is 23.4 Å². The lowest BCUT2D eigenvalue weighted by molar-refractivity contribution is -0.129. The SMILES string of the molecule is Nc1nc2c(s1)C[C@@H](N1CC(S(N)(=O)=O)CC1=O)CC2. The van der Waals surface area contributed by atoms with E-state index < -0.39 is 15.3 Å². The third-order valence-corrected chi connectivity index (χ3v) is 6.15. The van der Waals surface area contributed by atoms with Crippen LogP contribution in [0, 0.1) is 0 Å². The molecule has 0 bridgehead atoms. The van der Waals surface area contributed by atoms with Crippen LogP contribution < -0.4 is 10.9 Å². The molecular formula is C11H16N4O3S2. The van der Waals surface area contributed by atoms with E-state index in [1.165, 1.54) is 11.3 Å². The molecule has 1 aromatic rings. The molecule has 9 heteroatoms. The van der Waals surface area contributed by atoms with Crippen LogP contribution in [-0.2, 0) is 27.7 Å². The highest BCUT2D eigenvalue weighted by Crippen LogP contribution is 2.32. The number of primary sulfonamides is 1. The van der Waals surface area contributed by atoms with Crippen molar-refractivity contribution in [2.75, 3.05) is 12.3 Å². The van der Waals surface area contributed by atoms with Crippen LogP contribution in [0.15, 0.2) is 0 Å². The zero-order chi connectivity index (χ0) is 14.5. The number of hydrogen-bond acceptors (Lipinski definition) is 6. The Labute approximate surface area is 121 Å². The largest absolute Gasteiger partial charge is 0.375 e. The average molecular weight is 316 g/mol. The van der Waals surface area contributed by atoms with E-state index in [1.54, 1.807) is 4.90 Å². The van der Waals surface area contributed by atoms with Gasteiger partial charge in [0.2, 0.25) is 15.9 Å². The van der Waals surface area contributed by atoms with E-state index >= 15 is 0 Å². The van der Waals surface area contributed by atoms with Crippen LogP contribution in [0.25, 0.3) is 0 Å². The van der Waals surface area contributed by atoms with Crippen LogP contribution in [-0.4, -0.2) is 42.0 Å². The van der Waals surface area contributed by atoms with Crippen molar-refractivity contribution in [1.82, 2.24) is 9.88 Å². The first-order valence-electron chi connectivity index (χ1n) is 6.39. The monoisotopic (exact) mass is 316 g/mol. The summed E-state index contributed by atoms with van der Waals surface area (Å²) in [7, 11) is -3.66. The number of carbonyl (C=O) groups is 1. The van der Waals surface area contributed by atoms with E-state index in [9.17, 15) is 13.2 Å². The Kier molecular flexibility index (Phi) is 3.22. The van der Waals surface area contributed by atoms with E-state index in [0.29, 0.717) is 11.6 Å². The second-order valence-electron chi connectivity index (χ2n) is 5.28. The summed E-state index contributed by atoms with van der Waals surface area (Å²) >= 11 is 1.45. The molecule has 0 radical (unpaired) electrons. The number of aryl methyl sites for hydroxylation is 1. The van der Waals surface area contributed by atoms with E-state index in [-0.39, 0.29) is 24.9 Å². The molecule has 20 heavy (non-hydrogen) atoms. The Morgan fingerprint density at radius 2 is 2.10 bits per heavy atom. The fourth-order valence-electron chi connectivity index (χ4n) is 2.91. The summed E-state index contributed by atoms with van der Waals surface area (Å²) < 4.78 is 22.8. The molecule has 4 N–H and O–H groups in total. The third-order valence-electron chi connectivity index (χ3n) is 3.96. The van der Waals surface area contributed by atoms with E-state index in [2.05, 4.69) is 4.98 Å². The molecule has 2 aliphatic rings. The van der Waals surface area contributed by atoms with Crippen LogP contribution in [0.4, 0.5) is 5.13 Å². The fraction of sp³-hybridized carbons (Fsp3) is 0.636. The van der Waals surface area contributed by atoms with Crippen LogP contribution in [0.3, 0.4) is 0 Å². The van der Waals surface area contributed by atoms with Gasteiger partial charge in [-0.15, -0.1) is 11.3 Å². The molecule has 1 amide bonds. The maximum atomic E-state index is 12.0. The summed E-state index contributed by atoms with van der Waals surface area (Å²) in [6.07, 6.45) is 2.26. The Morgan fingerprint density at radius 1 is 1.35 bits per heavy atom. The molecule has 1 unspecified atom stereocenters. The van der Waals surface area contributed by atoms with Gasteiger partial charge in [0, 0.05) is 30.3 Å². The van der Waals surface area contributed by atoms with Gasteiger partial charge in [0.1, 0.15) is 5.25 Å². The smallest absolute Gasteiger partial charge is 0.224 e. The molecule has 110 valence electrons. The molecule has 1 aliphatic carbocycles. The maximum absolute atomic E-state index is 12.0. The van der Waals surface area contributed by atoms with Crippen molar-refractivity contribution < 1.29 is 13.2 Å². The van der Waals surface area contributed by atoms with Gasteiger partial charge >= 0.3 is 0 Å². The third kappa shape index (κ3) is 2.40. The van der Waals surface area contributed by atoms with E-state index in [1.807, 2.05) is 0 Å². The van der Waals surface area contributed by atoms with Crippen molar-refractivity contribution >= 4 is 32.4 Å². The molecule has 3 rings (SSSR count). The van der Waals surface area contributed by atoms with Gasteiger partial charge in [-0.2, -0.15) is 0 Å². The van der Waals surface area contributed by atoms with Crippen LogP contribution in [0.2, 0.25) is 0 Å². The number of anilines is 1. The lowest BCUT2D eigenvalue weighted by Crippen LogP contribution is -2.41. The molecule has 2 heterocycles. The fourth-order valence-corrected chi connectivity index (χ4v) is 4.61. The molecule has 0 aromatic carbocycles. The van der Waals surface area contributed by atoms with E-state index in [0.717, 1.165) is 23.4 Å². The van der Waals surface area contributed by atoms with E-state index in [4.69, 9.17) is 10.9 Å². The van der Waals surface area contributed by atoms with Gasteiger partial charge < -0.3 is 10.6 Å². The minimum absolute atomic E-state index is 0.00692. The average Bonchev–Trinajstić information content (AvgIpc) is 2.89. The topological polar surface area (TPSA) is 119 Å². The Hall–Kier alpha value is -1.19. The standard InChI is InChI=1S/C11H16N4O3S2/c12-11-14-8-2-1-6(3-9(8)19-11)15-5-7(4-10(15)16)20(13,17)18/h6-7H,1-5H2,(H2,12,14)(H2,13,17,18)/t6-,7?/m0/s1. The first kappa shape index (κ1) is 13.8. The van der Waals surface area contributed by atoms with Crippen molar-refractivity contribution in [3.05, 3.63) is 10.6 Å². The quantitative estimate of drug-likeness (QED) is 0.760. The van der Waals surface area contributed by atoms with Gasteiger partial charge in [0.25, 0.3) is 0 Å². The zero-order valence-corrected chi connectivity index (χ0v) is 12.4. The van der Waals surface area contributed by atoms with Gasteiger partial charge in [0.05, 0.1) is 5.69 Å². The van der Waals surface area contributed by atoms with Gasteiger partial charge in [-0.3, -0.25) is 4.79 Å². The van der Waals surface area contributed by atoms with Crippen molar-refractivity contribution in [1.29, 1.82) is 0 Å². The highest BCUT2D eigenvalue weighted by Gasteiger charge is 2.40. The number of amides is 1. The number of aromatic nitrogens is 1. The molecule has 0 saturated carbocycles. The molecule has 7 nitrogen and oxygen atoms in total. The molecule has 1 aromatic heterocycles. The second-order valence-corrected chi connectivity index (χ2v) is 8.24. The molecule has 1 aliphatic heterocycles. The summed E-state index contributed by atoms with van der Waals surface area (Å²) in [6.45, 7) is 0.200. The number of fused-ring (bicyclic) bond motifs is 1. The number of hydrogen-bond donors (Lipinski definition) is 2. The normalized spacial score (nSPS) is 26.9. The van der Waals surface area contributed by atoms with Crippen LogP contribution in [0.5, 0.6) is 0 Å². The van der Waals surface area contributed by atoms with Crippen molar-refractivity contribution in [2.45, 2.75) is 37.0 Å². The molecule has 1 fully saturated rings. The highest BCUT2D eigenvalue weighted by molar-refractivity contribution is 7.89. The molecule has 0 spiro atoms. The first-order chi connectivity index (χ1) is 9.34. The van der Waals surface area contributed by atoms with Gasteiger partial charge in [-0.05, 0) is 12.8 Å². The van der Waals surface area contributed by atoms with Crippen molar-refractivity contribution in [3.8, 4) is 0 Å². The second kappa shape index (κ2) is 4.68. The minimum Gasteiger partial charge on any atom is -0.375 e. The predicted molar refractivity (Wildman–Crippen MR) is 75.6 cm³/mol. The lowest BCUT2D eigenvalue weighted by Gasteiger charge is -2.30.